The van der Waals surface area contributed by atoms with Gasteiger partial charge in [0.2, 0.25) is 5.88 Å². The zero-order chi connectivity index (χ0) is 47.2. The number of rotatable bonds is 6. The molecule has 63 heavy (non-hydrogen) atoms. The number of alkyl carbamates (subject to hydrolysis) is 1. The van der Waals surface area contributed by atoms with Gasteiger partial charge in [-0.15, -0.1) is 0 Å². The van der Waals surface area contributed by atoms with Gasteiger partial charge in [-0.3, -0.25) is 10.2 Å². The molecule has 0 bridgehead atoms. The number of thioether (sulfide) groups is 1. The number of methoxy groups -OCH3 is 1. The van der Waals surface area contributed by atoms with Crippen molar-refractivity contribution in [2.45, 2.75) is 108 Å². The number of benzene rings is 1. The number of amides is 2. The molecule has 1 aromatic carbocycles. The molecule has 4 aliphatic heterocycles. The molecule has 4 unspecified atom stereocenters. The predicted octanol–water partition coefficient (Wildman–Crippen LogP) is 10.2. The van der Waals surface area contributed by atoms with Crippen molar-refractivity contribution in [2.75, 3.05) is 39.0 Å². The van der Waals surface area contributed by atoms with E-state index in [1.54, 1.807) is 47.3 Å². The Morgan fingerprint density at radius 3 is 2.27 bits per heavy atom. The van der Waals surface area contributed by atoms with Crippen LogP contribution in [0, 0.1) is 5.82 Å². The number of aliphatic imine (C=N–C) groups is 1. The Morgan fingerprint density at radius 2 is 1.70 bits per heavy atom. The summed E-state index contributed by atoms with van der Waals surface area (Å²) in [6.45, 7) is 13.8. The number of halogens is 9. The topological polar surface area (TPSA) is 128 Å². The molecule has 348 valence electrons. The third kappa shape index (κ3) is 15.3. The number of carbonyl (C=O) groups excluding carboxylic acids is 2. The monoisotopic (exact) mass is 1050 g/mol. The SMILES string of the molecule is C=C(F)/C=C\C(=C1/CSC(NC(=O)OC(C)(C)C)=N1)c1c(C(F)(F)F)cc2c(OC3CN(C(=O)OC(C)(C)C)CC3F)nc(OC)nc2c1F.FC1CC2CCCN2C1.[CH3][Al]([F])[I]. The van der Waals surface area contributed by atoms with Gasteiger partial charge in [0, 0.05) is 29.5 Å². The molecule has 1 N–H and O–H groups in total. The second-order valence-corrected chi connectivity index (χ2v) is 23.8. The number of nitrogens with one attached hydrogen (secondary N) is 1. The highest BCUT2D eigenvalue weighted by Crippen LogP contribution is 2.44. The number of amidine groups is 1. The molecule has 2 aromatic rings. The summed E-state index contributed by atoms with van der Waals surface area (Å²) in [4.78, 5) is 40.2. The molecule has 0 radical (unpaired) electrons. The molecule has 4 atom stereocenters. The third-order valence-electron chi connectivity index (χ3n) is 9.14. The molecule has 6 rings (SSSR count). The van der Waals surface area contributed by atoms with Crippen LogP contribution in [-0.2, 0) is 15.7 Å². The fourth-order valence-electron chi connectivity index (χ4n) is 6.75. The van der Waals surface area contributed by atoms with Crippen LogP contribution in [-0.4, -0.2) is 123 Å². The second-order valence-electron chi connectivity index (χ2n) is 16.7. The summed E-state index contributed by atoms with van der Waals surface area (Å²) >= 11 is 1.05. The maximum absolute atomic E-state index is 16.6. The lowest BCUT2D eigenvalue weighted by Crippen LogP contribution is -2.36. The molecule has 0 aliphatic carbocycles. The van der Waals surface area contributed by atoms with Crippen molar-refractivity contribution in [3.05, 3.63) is 53.3 Å². The minimum Gasteiger partial charge on any atom is -0.469 e. The fraction of sp³-hybridized carbons (Fsp3) is 0.575. The molecule has 1 aromatic heterocycles. The lowest BCUT2D eigenvalue weighted by molar-refractivity contribution is -0.137. The lowest BCUT2D eigenvalue weighted by atomic mass is 9.94. The molecule has 12 nitrogen and oxygen atoms in total. The van der Waals surface area contributed by atoms with E-state index in [0.29, 0.717) is 18.7 Å². The Bertz CT molecular complexity index is 2090. The Hall–Kier alpha value is -3.40. The highest BCUT2D eigenvalue weighted by atomic mass is 127. The molecular weight excluding hydrogens is 998 g/mol. The number of fused-ring (bicyclic) bond motifs is 2. The van der Waals surface area contributed by atoms with Crippen LogP contribution < -0.4 is 14.8 Å². The number of hydrogen-bond acceptors (Lipinski definition) is 11. The van der Waals surface area contributed by atoms with Crippen LogP contribution in [0.5, 0.6) is 11.9 Å². The van der Waals surface area contributed by atoms with Crippen molar-refractivity contribution < 1.29 is 62.8 Å². The van der Waals surface area contributed by atoms with Crippen LogP contribution in [0.1, 0.15) is 71.9 Å². The van der Waals surface area contributed by atoms with Crippen LogP contribution in [0.2, 0.25) is 5.79 Å². The highest BCUT2D eigenvalue weighted by molar-refractivity contribution is 14.1. The van der Waals surface area contributed by atoms with Gasteiger partial charge in [-0.1, -0.05) is 24.1 Å². The molecule has 5 heterocycles. The second kappa shape index (κ2) is 21.7. The van der Waals surface area contributed by atoms with Gasteiger partial charge in [-0.2, -0.15) is 43.4 Å². The number of allylic oxidation sites excluding steroid dienone is 4. The first-order chi connectivity index (χ1) is 29.1. The summed E-state index contributed by atoms with van der Waals surface area (Å²) in [7, 11) is 1.11. The third-order valence-corrected chi connectivity index (χ3v) is 10.0. The van der Waals surface area contributed by atoms with Gasteiger partial charge in [0.25, 0.3) is 0 Å². The first-order valence-electron chi connectivity index (χ1n) is 19.7. The predicted molar refractivity (Wildman–Crippen MR) is 235 cm³/mol. The van der Waals surface area contributed by atoms with Crippen LogP contribution >= 0.6 is 32.0 Å². The van der Waals surface area contributed by atoms with E-state index in [4.69, 9.17) is 18.9 Å². The Balaban J connectivity index is 0.000000569. The average Bonchev–Trinajstić information content (AvgIpc) is 3.93. The van der Waals surface area contributed by atoms with E-state index in [9.17, 15) is 35.1 Å². The van der Waals surface area contributed by atoms with Crippen molar-refractivity contribution >= 4 is 77.2 Å². The first-order valence-corrected chi connectivity index (χ1v) is 26.5. The zero-order valence-corrected chi connectivity index (χ0v) is 40.1. The van der Waals surface area contributed by atoms with E-state index < -0.39 is 117 Å². The number of hydrogen-bond donors (Lipinski definition) is 1. The number of likely N-dealkylation sites (tertiary alicyclic amines) is 1. The quantitative estimate of drug-likeness (QED) is 0.129. The fourth-order valence-corrected chi connectivity index (χ4v) is 7.58. The molecule has 3 fully saturated rings. The Kier molecular flexibility index (Phi) is 18.0. The van der Waals surface area contributed by atoms with Crippen LogP contribution in [0.25, 0.3) is 16.5 Å². The van der Waals surface area contributed by atoms with E-state index >= 15 is 8.78 Å². The van der Waals surface area contributed by atoms with Crippen LogP contribution in [0.4, 0.5) is 43.8 Å². The summed E-state index contributed by atoms with van der Waals surface area (Å²) in [5.74, 6) is -1.78. The normalized spacial score (nSPS) is 22.1. The van der Waals surface area contributed by atoms with Gasteiger partial charge in [-0.25, -0.2) is 32.1 Å². The summed E-state index contributed by atoms with van der Waals surface area (Å²) < 4.78 is 135. The molecule has 0 saturated carbocycles. The number of aromatic nitrogens is 2. The van der Waals surface area contributed by atoms with Gasteiger partial charge in [0.15, 0.2) is 23.3 Å². The minimum atomic E-state index is -5.23. The molecule has 23 heteroatoms. The minimum absolute atomic E-state index is 0.0635. The van der Waals surface area contributed by atoms with Gasteiger partial charge >= 0.3 is 35.7 Å². The van der Waals surface area contributed by atoms with E-state index in [-0.39, 0.29) is 23.2 Å². The maximum Gasteiger partial charge on any atom is 0.594 e. The van der Waals surface area contributed by atoms with E-state index in [1.165, 1.54) is 12.8 Å². The zero-order valence-electron chi connectivity index (χ0n) is 36.0. The van der Waals surface area contributed by atoms with Crippen LogP contribution in [0.3, 0.4) is 0 Å². The molecule has 2 amide bonds. The number of ether oxygens (including phenoxy) is 4. The Labute approximate surface area is 380 Å². The van der Waals surface area contributed by atoms with E-state index in [1.807, 2.05) is 20.3 Å². The molecule has 4 aliphatic rings. The largest absolute Gasteiger partial charge is 0.594 e. The van der Waals surface area contributed by atoms with Gasteiger partial charge in [0.05, 0.1) is 36.8 Å². The van der Waals surface area contributed by atoms with Gasteiger partial charge in [0.1, 0.15) is 28.7 Å². The van der Waals surface area contributed by atoms with Crippen molar-refractivity contribution in [1.29, 1.82) is 0 Å². The molecular formula is C40H50AlF8IN6O6S. The smallest absolute Gasteiger partial charge is 0.469 e. The summed E-state index contributed by atoms with van der Waals surface area (Å²) in [6.07, 6.45) is -5.81. The van der Waals surface area contributed by atoms with E-state index in [2.05, 4.69) is 31.8 Å². The summed E-state index contributed by atoms with van der Waals surface area (Å²) in [5.41, 5.74) is -5.74. The Morgan fingerprint density at radius 1 is 1.05 bits per heavy atom. The van der Waals surface area contributed by atoms with Crippen molar-refractivity contribution in [3.8, 4) is 11.9 Å². The van der Waals surface area contributed by atoms with Crippen molar-refractivity contribution in [1.82, 2.24) is 25.1 Å². The molecule has 0 spiro atoms. The van der Waals surface area contributed by atoms with E-state index in [0.717, 1.165) is 48.9 Å². The van der Waals surface area contributed by atoms with Crippen LogP contribution in [0.15, 0.2) is 41.3 Å². The average molecular weight is 1050 g/mol. The maximum atomic E-state index is 16.6. The number of nitrogens with zero attached hydrogens (tertiary/aromatic N) is 5. The van der Waals surface area contributed by atoms with Crippen molar-refractivity contribution in [3.63, 3.8) is 0 Å². The summed E-state index contributed by atoms with van der Waals surface area (Å²) in [6, 6.07) is 0.593. The number of carbonyl (C=O) groups is 2. The highest BCUT2D eigenvalue weighted by Gasteiger charge is 2.42. The van der Waals surface area contributed by atoms with Gasteiger partial charge in [-0.05, 0) is 85.6 Å². The standard InChI is InChI=1S/C32H35F6N5O6S.C7H12FN.CH3.Al.FH.HI/c1-15(33)9-10-16(20-14-50-27(39-20)42-28(44)48-30(2,3)4)22-18(32(36,37)38)11-17-24(23(22)35)40-26(46-8)41-25(17)47-21-13-43(12-19(21)34)29(45)49-31(5,6)7;8-6-4-7-2-1-3-9(7)5-6;;;;/h9-11,19,21H,1,12-14H2,2-8H3,(H,39,42,44);6-7H,1-5H2;1H3;;2*1H/q;;;+2;;/p-2/b10-9-,20-16-;;;;;. The summed E-state index contributed by atoms with van der Waals surface area (Å²) in [5, 5.41) is 1.72. The van der Waals surface area contributed by atoms with Gasteiger partial charge < -0.3 is 27.4 Å². The lowest BCUT2D eigenvalue weighted by Gasteiger charge is -2.24. The molecule has 3 saturated heterocycles. The first kappa shape index (κ1) is 52.2. The van der Waals surface area contributed by atoms with Crippen molar-refractivity contribution in [2.24, 2.45) is 4.99 Å². The number of alkyl halides is 5.